The summed E-state index contributed by atoms with van der Waals surface area (Å²) < 4.78 is 0. The highest BCUT2D eigenvalue weighted by molar-refractivity contribution is 5.87. The largest absolute Gasteiger partial charge is 0.368 e. The standard InChI is InChI=1S/C11H14N2O2/c1-2-13(7-11(12)15)10-6-4-3-5-9(10)8-14/h3-6,8H,2,7H2,1H3,(H2,12,15). The van der Waals surface area contributed by atoms with Crippen LogP contribution < -0.4 is 10.6 Å². The van der Waals surface area contributed by atoms with Crippen LogP contribution in [0.2, 0.25) is 0 Å². The van der Waals surface area contributed by atoms with Gasteiger partial charge in [0.25, 0.3) is 0 Å². The van der Waals surface area contributed by atoms with E-state index in [2.05, 4.69) is 0 Å². The van der Waals surface area contributed by atoms with Gasteiger partial charge in [-0.2, -0.15) is 0 Å². The van der Waals surface area contributed by atoms with Crippen LogP contribution in [0.3, 0.4) is 0 Å². The fourth-order valence-corrected chi connectivity index (χ4v) is 1.43. The van der Waals surface area contributed by atoms with E-state index in [9.17, 15) is 9.59 Å². The lowest BCUT2D eigenvalue weighted by Crippen LogP contribution is -2.34. The second-order valence-corrected chi connectivity index (χ2v) is 3.16. The number of amides is 1. The highest BCUT2D eigenvalue weighted by Gasteiger charge is 2.10. The second kappa shape index (κ2) is 5.14. The van der Waals surface area contributed by atoms with Crippen LogP contribution in [0.1, 0.15) is 17.3 Å². The molecule has 1 rings (SSSR count). The molecule has 15 heavy (non-hydrogen) atoms. The van der Waals surface area contributed by atoms with E-state index in [-0.39, 0.29) is 6.54 Å². The average molecular weight is 206 g/mol. The van der Waals surface area contributed by atoms with Crippen LogP contribution in [0, 0.1) is 0 Å². The highest BCUT2D eigenvalue weighted by Crippen LogP contribution is 2.17. The zero-order chi connectivity index (χ0) is 11.3. The van der Waals surface area contributed by atoms with Crippen molar-refractivity contribution < 1.29 is 9.59 Å². The van der Waals surface area contributed by atoms with E-state index in [1.807, 2.05) is 13.0 Å². The highest BCUT2D eigenvalue weighted by atomic mass is 16.1. The van der Waals surface area contributed by atoms with Gasteiger partial charge in [-0.15, -0.1) is 0 Å². The molecule has 0 fully saturated rings. The van der Waals surface area contributed by atoms with Gasteiger partial charge in [-0.05, 0) is 19.1 Å². The molecule has 4 heteroatoms. The molecule has 1 aromatic carbocycles. The third-order valence-corrected chi connectivity index (χ3v) is 2.13. The van der Waals surface area contributed by atoms with Gasteiger partial charge >= 0.3 is 0 Å². The Kier molecular flexibility index (Phi) is 3.85. The summed E-state index contributed by atoms with van der Waals surface area (Å²) in [6.07, 6.45) is 0.777. The Labute approximate surface area is 88.7 Å². The summed E-state index contributed by atoms with van der Waals surface area (Å²) in [4.78, 5) is 23.4. The molecule has 4 nitrogen and oxygen atoms in total. The topological polar surface area (TPSA) is 63.4 Å². The van der Waals surface area contributed by atoms with Gasteiger partial charge in [-0.1, -0.05) is 12.1 Å². The quantitative estimate of drug-likeness (QED) is 0.725. The zero-order valence-corrected chi connectivity index (χ0v) is 8.64. The number of aldehydes is 1. The Morgan fingerprint density at radius 1 is 1.47 bits per heavy atom. The van der Waals surface area contributed by atoms with Crippen LogP contribution in [-0.2, 0) is 4.79 Å². The summed E-state index contributed by atoms with van der Waals surface area (Å²) in [5.74, 6) is -0.405. The average Bonchev–Trinajstić information content (AvgIpc) is 2.25. The molecule has 0 aliphatic carbocycles. The van der Waals surface area contributed by atoms with Crippen LogP contribution in [0.5, 0.6) is 0 Å². The third-order valence-electron chi connectivity index (χ3n) is 2.13. The number of nitrogens with zero attached hydrogens (tertiary/aromatic N) is 1. The molecule has 0 radical (unpaired) electrons. The first-order valence-electron chi connectivity index (χ1n) is 4.76. The maximum Gasteiger partial charge on any atom is 0.236 e. The summed E-state index contributed by atoms with van der Waals surface area (Å²) in [5.41, 5.74) is 6.44. The molecule has 0 unspecified atom stereocenters. The van der Waals surface area contributed by atoms with E-state index in [0.29, 0.717) is 12.1 Å². The van der Waals surface area contributed by atoms with Crippen molar-refractivity contribution in [2.45, 2.75) is 6.92 Å². The fraction of sp³-hybridized carbons (Fsp3) is 0.273. The molecule has 0 spiro atoms. The second-order valence-electron chi connectivity index (χ2n) is 3.16. The van der Waals surface area contributed by atoms with E-state index < -0.39 is 5.91 Å². The fourth-order valence-electron chi connectivity index (χ4n) is 1.43. The van der Waals surface area contributed by atoms with Crippen LogP contribution >= 0.6 is 0 Å². The van der Waals surface area contributed by atoms with Crippen molar-refractivity contribution in [3.05, 3.63) is 29.8 Å². The number of nitrogens with two attached hydrogens (primary N) is 1. The van der Waals surface area contributed by atoms with Crippen molar-refractivity contribution in [2.75, 3.05) is 18.0 Å². The minimum absolute atomic E-state index is 0.126. The van der Waals surface area contributed by atoms with Crippen molar-refractivity contribution >= 4 is 17.9 Å². The molecule has 1 aromatic rings. The summed E-state index contributed by atoms with van der Waals surface area (Å²) in [7, 11) is 0. The molecule has 0 heterocycles. The Morgan fingerprint density at radius 2 is 2.13 bits per heavy atom. The zero-order valence-electron chi connectivity index (χ0n) is 8.64. The van der Waals surface area contributed by atoms with Gasteiger partial charge in [-0.3, -0.25) is 9.59 Å². The number of hydrogen-bond donors (Lipinski definition) is 1. The molecule has 0 atom stereocenters. The van der Waals surface area contributed by atoms with E-state index in [1.165, 1.54) is 0 Å². The van der Waals surface area contributed by atoms with Gasteiger partial charge in [-0.25, -0.2) is 0 Å². The van der Waals surface area contributed by atoms with Gasteiger partial charge in [0.2, 0.25) is 5.91 Å². The first kappa shape index (κ1) is 11.2. The lowest BCUT2D eigenvalue weighted by molar-refractivity contribution is -0.116. The van der Waals surface area contributed by atoms with E-state index >= 15 is 0 Å². The molecule has 80 valence electrons. The van der Waals surface area contributed by atoms with E-state index in [4.69, 9.17) is 5.73 Å². The monoisotopic (exact) mass is 206 g/mol. The number of benzene rings is 1. The first-order chi connectivity index (χ1) is 7.19. The number of carbonyl (C=O) groups is 2. The lowest BCUT2D eigenvalue weighted by atomic mass is 10.1. The molecular weight excluding hydrogens is 192 g/mol. The number of likely N-dealkylation sites (N-methyl/N-ethyl adjacent to an activating group) is 1. The van der Waals surface area contributed by atoms with E-state index in [0.717, 1.165) is 12.0 Å². The van der Waals surface area contributed by atoms with Crippen molar-refractivity contribution in [1.29, 1.82) is 0 Å². The van der Waals surface area contributed by atoms with E-state index in [1.54, 1.807) is 23.1 Å². The van der Waals surface area contributed by atoms with Crippen molar-refractivity contribution in [2.24, 2.45) is 5.73 Å². The maximum atomic E-state index is 10.8. The Hall–Kier alpha value is -1.84. The number of carbonyl (C=O) groups excluding carboxylic acids is 2. The minimum atomic E-state index is -0.405. The first-order valence-corrected chi connectivity index (χ1v) is 4.76. The molecular formula is C11H14N2O2. The number of primary amides is 1. The number of hydrogen-bond acceptors (Lipinski definition) is 3. The maximum absolute atomic E-state index is 10.8. The summed E-state index contributed by atoms with van der Waals surface area (Å²) in [5, 5.41) is 0. The predicted molar refractivity (Wildman–Crippen MR) is 58.9 cm³/mol. The number of rotatable bonds is 5. The molecule has 0 bridgehead atoms. The van der Waals surface area contributed by atoms with Crippen LogP contribution in [-0.4, -0.2) is 25.3 Å². The summed E-state index contributed by atoms with van der Waals surface area (Å²) in [6, 6.07) is 7.12. The van der Waals surface area contributed by atoms with Gasteiger partial charge in [0.1, 0.15) is 0 Å². The Bertz CT molecular complexity index is 363. The Morgan fingerprint density at radius 3 is 2.67 bits per heavy atom. The predicted octanol–water partition coefficient (Wildman–Crippen LogP) is 0.811. The van der Waals surface area contributed by atoms with Crippen molar-refractivity contribution in [3.8, 4) is 0 Å². The van der Waals surface area contributed by atoms with Crippen LogP contribution in [0.25, 0.3) is 0 Å². The summed E-state index contributed by atoms with van der Waals surface area (Å²) >= 11 is 0. The van der Waals surface area contributed by atoms with Crippen molar-refractivity contribution in [1.82, 2.24) is 0 Å². The van der Waals surface area contributed by atoms with Crippen LogP contribution in [0.15, 0.2) is 24.3 Å². The number of anilines is 1. The van der Waals surface area contributed by atoms with Gasteiger partial charge in [0, 0.05) is 17.8 Å². The molecule has 2 N–H and O–H groups in total. The van der Waals surface area contributed by atoms with Gasteiger partial charge < -0.3 is 10.6 Å². The molecule has 0 saturated heterocycles. The lowest BCUT2D eigenvalue weighted by Gasteiger charge is -2.22. The normalized spacial score (nSPS) is 9.67. The third kappa shape index (κ3) is 2.80. The smallest absolute Gasteiger partial charge is 0.236 e. The molecule has 0 aliphatic heterocycles. The Balaban J connectivity index is 3.00. The molecule has 0 aliphatic rings. The van der Waals surface area contributed by atoms with Crippen molar-refractivity contribution in [3.63, 3.8) is 0 Å². The molecule has 0 saturated carbocycles. The number of para-hydroxylation sites is 1. The minimum Gasteiger partial charge on any atom is -0.368 e. The van der Waals surface area contributed by atoms with Gasteiger partial charge in [0.05, 0.1) is 6.54 Å². The molecule has 0 aromatic heterocycles. The summed E-state index contributed by atoms with van der Waals surface area (Å²) in [6.45, 7) is 2.67. The van der Waals surface area contributed by atoms with Gasteiger partial charge in [0.15, 0.2) is 6.29 Å². The van der Waals surface area contributed by atoms with Crippen LogP contribution in [0.4, 0.5) is 5.69 Å². The SMILES string of the molecule is CCN(CC(N)=O)c1ccccc1C=O. The molecule has 1 amide bonds.